The molecular formula is C15H11ClS. The Morgan fingerprint density at radius 1 is 0.941 bits per heavy atom. The third-order valence-corrected chi connectivity index (χ3v) is 4.28. The van der Waals surface area contributed by atoms with Crippen LogP contribution in [0.5, 0.6) is 0 Å². The SMILES string of the molecule is Clc1ccccc1Cc1cc2ccccc2s1. The van der Waals surface area contributed by atoms with Crippen molar-refractivity contribution in [1.29, 1.82) is 0 Å². The Balaban J connectivity index is 1.98. The minimum Gasteiger partial charge on any atom is -0.140 e. The number of hydrogen-bond acceptors (Lipinski definition) is 1. The van der Waals surface area contributed by atoms with Crippen molar-refractivity contribution < 1.29 is 0 Å². The van der Waals surface area contributed by atoms with Gasteiger partial charge in [-0.2, -0.15) is 0 Å². The Bertz CT molecular complexity index is 622. The van der Waals surface area contributed by atoms with Gasteiger partial charge in [-0.1, -0.05) is 48.0 Å². The Kier molecular flexibility index (Phi) is 2.87. The Morgan fingerprint density at radius 2 is 1.71 bits per heavy atom. The van der Waals surface area contributed by atoms with Gasteiger partial charge in [0.2, 0.25) is 0 Å². The van der Waals surface area contributed by atoms with Crippen molar-refractivity contribution in [1.82, 2.24) is 0 Å². The molecule has 0 aliphatic rings. The fourth-order valence-corrected chi connectivity index (χ4v) is 3.24. The zero-order chi connectivity index (χ0) is 11.7. The molecule has 0 spiro atoms. The molecule has 0 nitrogen and oxygen atoms in total. The minimum atomic E-state index is 0.852. The van der Waals surface area contributed by atoms with Crippen LogP contribution in [0.4, 0.5) is 0 Å². The molecule has 0 aliphatic heterocycles. The van der Waals surface area contributed by atoms with Crippen molar-refractivity contribution in [2.75, 3.05) is 0 Å². The van der Waals surface area contributed by atoms with Gasteiger partial charge in [-0.15, -0.1) is 11.3 Å². The van der Waals surface area contributed by atoms with Gasteiger partial charge < -0.3 is 0 Å². The van der Waals surface area contributed by atoms with Gasteiger partial charge in [0.25, 0.3) is 0 Å². The minimum absolute atomic E-state index is 0.852. The number of rotatable bonds is 2. The van der Waals surface area contributed by atoms with Crippen molar-refractivity contribution in [3.05, 3.63) is 70.1 Å². The molecule has 1 aromatic heterocycles. The molecule has 0 radical (unpaired) electrons. The highest BCUT2D eigenvalue weighted by molar-refractivity contribution is 7.19. The summed E-state index contributed by atoms with van der Waals surface area (Å²) in [5.41, 5.74) is 1.20. The van der Waals surface area contributed by atoms with Crippen LogP contribution in [-0.2, 0) is 6.42 Å². The fourth-order valence-electron chi connectivity index (χ4n) is 1.95. The van der Waals surface area contributed by atoms with E-state index < -0.39 is 0 Å². The van der Waals surface area contributed by atoms with Crippen LogP contribution < -0.4 is 0 Å². The van der Waals surface area contributed by atoms with Gasteiger partial charge in [0.1, 0.15) is 0 Å². The van der Waals surface area contributed by atoms with E-state index in [0.29, 0.717) is 0 Å². The second-order valence-corrected chi connectivity index (χ2v) is 5.59. The number of fused-ring (bicyclic) bond motifs is 1. The average Bonchev–Trinajstić information content (AvgIpc) is 2.74. The molecule has 0 saturated heterocycles. The molecule has 0 N–H and O–H groups in total. The highest BCUT2D eigenvalue weighted by Crippen LogP contribution is 2.28. The third-order valence-electron chi connectivity index (χ3n) is 2.80. The van der Waals surface area contributed by atoms with E-state index in [9.17, 15) is 0 Å². The van der Waals surface area contributed by atoms with Gasteiger partial charge in [0.05, 0.1) is 0 Å². The molecule has 84 valence electrons. The van der Waals surface area contributed by atoms with Crippen molar-refractivity contribution in [2.24, 2.45) is 0 Å². The van der Waals surface area contributed by atoms with Crippen LogP contribution >= 0.6 is 22.9 Å². The molecule has 0 saturated carbocycles. The van der Waals surface area contributed by atoms with E-state index in [1.807, 2.05) is 29.5 Å². The van der Waals surface area contributed by atoms with Crippen LogP contribution in [0.2, 0.25) is 5.02 Å². The van der Waals surface area contributed by atoms with Crippen molar-refractivity contribution in [2.45, 2.75) is 6.42 Å². The zero-order valence-electron chi connectivity index (χ0n) is 9.19. The predicted octanol–water partition coefficient (Wildman–Crippen LogP) is 5.15. The monoisotopic (exact) mass is 258 g/mol. The van der Waals surface area contributed by atoms with E-state index in [1.165, 1.54) is 20.5 Å². The summed E-state index contributed by atoms with van der Waals surface area (Å²) in [6.45, 7) is 0. The summed E-state index contributed by atoms with van der Waals surface area (Å²) >= 11 is 8.02. The maximum absolute atomic E-state index is 6.18. The lowest BCUT2D eigenvalue weighted by Crippen LogP contribution is -1.84. The average molecular weight is 259 g/mol. The zero-order valence-corrected chi connectivity index (χ0v) is 10.8. The molecule has 0 fully saturated rings. The summed E-state index contributed by atoms with van der Waals surface area (Å²) in [7, 11) is 0. The lowest BCUT2D eigenvalue weighted by atomic mass is 10.1. The second kappa shape index (κ2) is 4.52. The van der Waals surface area contributed by atoms with Gasteiger partial charge in [0.15, 0.2) is 0 Å². The maximum atomic E-state index is 6.18. The van der Waals surface area contributed by atoms with E-state index in [0.717, 1.165) is 11.4 Å². The van der Waals surface area contributed by atoms with E-state index >= 15 is 0 Å². The van der Waals surface area contributed by atoms with Crippen molar-refractivity contribution in [3.63, 3.8) is 0 Å². The Labute approximate surface area is 109 Å². The van der Waals surface area contributed by atoms with E-state index in [4.69, 9.17) is 11.6 Å². The molecule has 0 bridgehead atoms. The van der Waals surface area contributed by atoms with Crippen LogP contribution in [0, 0.1) is 0 Å². The van der Waals surface area contributed by atoms with Gasteiger partial charge in [-0.05, 0) is 29.1 Å². The van der Waals surface area contributed by atoms with Gasteiger partial charge in [-0.25, -0.2) is 0 Å². The summed E-state index contributed by atoms with van der Waals surface area (Å²) in [6.07, 6.45) is 0.916. The number of benzene rings is 2. The highest BCUT2D eigenvalue weighted by atomic mass is 35.5. The molecular weight excluding hydrogens is 248 g/mol. The largest absolute Gasteiger partial charge is 0.140 e. The highest BCUT2D eigenvalue weighted by Gasteiger charge is 2.04. The van der Waals surface area contributed by atoms with E-state index in [1.54, 1.807) is 0 Å². The molecule has 0 atom stereocenters. The lowest BCUT2D eigenvalue weighted by molar-refractivity contribution is 1.24. The smallest absolute Gasteiger partial charge is 0.0441 e. The van der Waals surface area contributed by atoms with Crippen LogP contribution in [0.25, 0.3) is 10.1 Å². The van der Waals surface area contributed by atoms with Crippen LogP contribution in [0.3, 0.4) is 0 Å². The van der Waals surface area contributed by atoms with E-state index in [-0.39, 0.29) is 0 Å². The van der Waals surface area contributed by atoms with Crippen molar-refractivity contribution in [3.8, 4) is 0 Å². The standard InChI is InChI=1S/C15H11ClS/c16-14-7-3-1-5-11(14)9-13-10-12-6-2-4-8-15(12)17-13/h1-8,10H,9H2. The first-order chi connectivity index (χ1) is 8.33. The summed E-state index contributed by atoms with van der Waals surface area (Å²) in [4.78, 5) is 1.36. The summed E-state index contributed by atoms with van der Waals surface area (Å²) in [5.74, 6) is 0. The molecule has 2 aromatic carbocycles. The topological polar surface area (TPSA) is 0 Å². The Hall–Kier alpha value is -1.31. The molecule has 3 rings (SSSR count). The Morgan fingerprint density at radius 3 is 2.53 bits per heavy atom. The number of hydrogen-bond donors (Lipinski definition) is 0. The number of thiophene rings is 1. The molecule has 1 heterocycles. The molecule has 17 heavy (non-hydrogen) atoms. The van der Waals surface area contributed by atoms with Gasteiger partial charge >= 0.3 is 0 Å². The van der Waals surface area contributed by atoms with Gasteiger partial charge in [-0.3, -0.25) is 0 Å². The summed E-state index contributed by atoms with van der Waals surface area (Å²) in [5, 5.41) is 2.17. The first-order valence-corrected chi connectivity index (χ1v) is 6.73. The first-order valence-electron chi connectivity index (χ1n) is 5.54. The molecule has 0 aliphatic carbocycles. The van der Waals surface area contributed by atoms with Crippen LogP contribution in [0.15, 0.2) is 54.6 Å². The van der Waals surface area contributed by atoms with Gasteiger partial charge in [0, 0.05) is 21.0 Å². The van der Waals surface area contributed by atoms with E-state index in [2.05, 4.69) is 36.4 Å². The molecule has 3 aromatic rings. The molecule has 0 unspecified atom stereocenters. The number of halogens is 1. The molecule has 0 amide bonds. The third kappa shape index (κ3) is 2.21. The van der Waals surface area contributed by atoms with Crippen LogP contribution in [0.1, 0.15) is 10.4 Å². The maximum Gasteiger partial charge on any atom is 0.0441 e. The lowest BCUT2D eigenvalue weighted by Gasteiger charge is -2.00. The van der Waals surface area contributed by atoms with Crippen LogP contribution in [-0.4, -0.2) is 0 Å². The van der Waals surface area contributed by atoms with Crippen molar-refractivity contribution >= 4 is 33.0 Å². The predicted molar refractivity (Wildman–Crippen MR) is 76.1 cm³/mol. The quantitative estimate of drug-likeness (QED) is 0.597. The summed E-state index contributed by atoms with van der Waals surface area (Å²) < 4.78 is 1.34. The summed E-state index contributed by atoms with van der Waals surface area (Å²) in [6, 6.07) is 18.8. The molecule has 2 heteroatoms. The normalized spacial score (nSPS) is 10.9. The second-order valence-electron chi connectivity index (χ2n) is 4.02. The fraction of sp³-hybridized carbons (Fsp3) is 0.0667. The first kappa shape index (κ1) is 10.8.